The fourth-order valence-corrected chi connectivity index (χ4v) is 3.86. The largest absolute Gasteiger partial charge is 0.322 e. The molecule has 0 fully saturated rings. The molecular formula is C18H20FN3O5S. The van der Waals surface area contributed by atoms with E-state index in [4.69, 9.17) is 0 Å². The summed E-state index contributed by atoms with van der Waals surface area (Å²) in [7, 11) is -3.82. The summed E-state index contributed by atoms with van der Waals surface area (Å²) in [4.78, 5) is 22.5. The monoisotopic (exact) mass is 409 g/mol. The van der Waals surface area contributed by atoms with Gasteiger partial charge in [-0.25, -0.2) is 17.5 Å². The van der Waals surface area contributed by atoms with Gasteiger partial charge in [0.1, 0.15) is 5.82 Å². The van der Waals surface area contributed by atoms with Crippen LogP contribution in [-0.2, 0) is 10.0 Å². The Bertz CT molecular complexity index is 1050. The van der Waals surface area contributed by atoms with E-state index in [1.165, 1.54) is 31.2 Å². The van der Waals surface area contributed by atoms with Gasteiger partial charge in [0.25, 0.3) is 11.6 Å². The van der Waals surface area contributed by atoms with E-state index >= 15 is 0 Å². The van der Waals surface area contributed by atoms with Gasteiger partial charge in [-0.05, 0) is 52.0 Å². The predicted octanol–water partition coefficient (Wildman–Crippen LogP) is 3.37. The number of sulfonamides is 1. The van der Waals surface area contributed by atoms with E-state index < -0.39 is 37.9 Å². The summed E-state index contributed by atoms with van der Waals surface area (Å²) >= 11 is 0. The zero-order chi connectivity index (χ0) is 21.3. The third-order valence-electron chi connectivity index (χ3n) is 3.62. The van der Waals surface area contributed by atoms with Crippen LogP contribution in [0.25, 0.3) is 0 Å². The SMILES string of the molecule is Cc1c(F)cc(C(=O)Nc2cccc(S(=O)(=O)NC(C)(C)C)c2)cc1[N+](=O)[O-]. The van der Waals surface area contributed by atoms with Crippen LogP contribution in [-0.4, -0.2) is 24.8 Å². The molecule has 150 valence electrons. The van der Waals surface area contributed by atoms with Crippen molar-refractivity contribution in [2.45, 2.75) is 38.1 Å². The van der Waals surface area contributed by atoms with Gasteiger partial charge in [-0.1, -0.05) is 6.07 Å². The first-order valence-corrected chi connectivity index (χ1v) is 9.68. The molecule has 10 heteroatoms. The van der Waals surface area contributed by atoms with Gasteiger partial charge in [-0.2, -0.15) is 0 Å². The minimum atomic E-state index is -3.82. The number of benzene rings is 2. The van der Waals surface area contributed by atoms with Gasteiger partial charge in [-0.15, -0.1) is 0 Å². The standard InChI is InChI=1S/C18H20FN3O5S/c1-11-15(19)8-12(9-16(11)22(24)25)17(23)20-13-6-5-7-14(10-13)28(26,27)21-18(2,3)4/h5-10,21H,1-4H3,(H,20,23). The van der Waals surface area contributed by atoms with Crippen molar-refractivity contribution in [2.24, 2.45) is 0 Å². The lowest BCUT2D eigenvalue weighted by atomic mass is 10.1. The lowest BCUT2D eigenvalue weighted by molar-refractivity contribution is -0.385. The highest BCUT2D eigenvalue weighted by atomic mass is 32.2. The number of carbonyl (C=O) groups excluding carboxylic acids is 1. The van der Waals surface area contributed by atoms with Crippen molar-refractivity contribution in [3.63, 3.8) is 0 Å². The molecule has 0 radical (unpaired) electrons. The minimum Gasteiger partial charge on any atom is -0.322 e. The molecule has 0 unspecified atom stereocenters. The maximum atomic E-state index is 13.9. The normalized spacial score (nSPS) is 11.9. The van der Waals surface area contributed by atoms with Crippen LogP contribution >= 0.6 is 0 Å². The minimum absolute atomic E-state index is 0.0682. The Labute approximate surface area is 162 Å². The first-order chi connectivity index (χ1) is 12.8. The summed E-state index contributed by atoms with van der Waals surface area (Å²) in [6, 6.07) is 7.35. The van der Waals surface area contributed by atoms with Gasteiger partial charge >= 0.3 is 0 Å². The molecule has 0 aliphatic rings. The number of amides is 1. The number of nitrogens with zero attached hydrogens (tertiary/aromatic N) is 1. The number of hydrogen-bond donors (Lipinski definition) is 2. The van der Waals surface area contributed by atoms with E-state index in [0.717, 1.165) is 12.1 Å². The summed E-state index contributed by atoms with van der Waals surface area (Å²) in [6.45, 7) is 6.31. The van der Waals surface area contributed by atoms with E-state index in [-0.39, 0.29) is 21.7 Å². The molecule has 2 rings (SSSR count). The first kappa shape index (κ1) is 21.5. The molecule has 0 aliphatic heterocycles. The van der Waals surface area contributed by atoms with Crippen molar-refractivity contribution < 1.29 is 22.5 Å². The molecule has 2 aromatic carbocycles. The van der Waals surface area contributed by atoms with E-state index in [0.29, 0.717) is 0 Å². The Kier molecular flexibility index (Phi) is 5.86. The molecule has 0 atom stereocenters. The number of nitrogens with one attached hydrogen (secondary N) is 2. The van der Waals surface area contributed by atoms with Crippen molar-refractivity contribution in [2.75, 3.05) is 5.32 Å². The maximum absolute atomic E-state index is 13.9. The number of nitro groups is 1. The lowest BCUT2D eigenvalue weighted by Gasteiger charge is -2.20. The smallest absolute Gasteiger partial charge is 0.276 e. The van der Waals surface area contributed by atoms with Gasteiger partial charge in [0.2, 0.25) is 10.0 Å². The molecule has 28 heavy (non-hydrogen) atoms. The topological polar surface area (TPSA) is 118 Å². The fraction of sp³-hybridized carbons (Fsp3) is 0.278. The molecule has 0 heterocycles. The molecule has 2 aromatic rings. The van der Waals surface area contributed by atoms with Crippen LogP contribution in [0.2, 0.25) is 0 Å². The van der Waals surface area contributed by atoms with Gasteiger partial charge in [0.15, 0.2) is 0 Å². The highest BCUT2D eigenvalue weighted by Gasteiger charge is 2.23. The number of carbonyl (C=O) groups is 1. The molecule has 0 aromatic heterocycles. The van der Waals surface area contributed by atoms with Crippen molar-refractivity contribution in [1.29, 1.82) is 0 Å². The van der Waals surface area contributed by atoms with Gasteiger partial charge in [0, 0.05) is 22.9 Å². The molecule has 0 spiro atoms. The summed E-state index contributed by atoms with van der Waals surface area (Å²) in [6.07, 6.45) is 0. The van der Waals surface area contributed by atoms with Gasteiger partial charge in [0.05, 0.1) is 15.4 Å². The highest BCUT2D eigenvalue weighted by Crippen LogP contribution is 2.24. The third kappa shape index (κ3) is 5.11. The number of nitro benzene ring substituents is 1. The highest BCUT2D eigenvalue weighted by molar-refractivity contribution is 7.89. The Morgan fingerprint density at radius 1 is 1.18 bits per heavy atom. The average Bonchev–Trinajstić information content (AvgIpc) is 2.55. The number of hydrogen-bond acceptors (Lipinski definition) is 5. The van der Waals surface area contributed by atoms with E-state index in [9.17, 15) is 27.7 Å². The quantitative estimate of drug-likeness (QED) is 0.580. The van der Waals surface area contributed by atoms with Crippen LogP contribution in [0, 0.1) is 22.9 Å². The van der Waals surface area contributed by atoms with E-state index in [2.05, 4.69) is 10.0 Å². The van der Waals surface area contributed by atoms with Crippen LogP contribution in [0.15, 0.2) is 41.3 Å². The molecule has 0 aliphatic carbocycles. The molecule has 0 bridgehead atoms. The predicted molar refractivity (Wildman–Crippen MR) is 102 cm³/mol. The molecule has 2 N–H and O–H groups in total. The van der Waals surface area contributed by atoms with Crippen LogP contribution in [0.1, 0.15) is 36.7 Å². The average molecular weight is 409 g/mol. The summed E-state index contributed by atoms with van der Waals surface area (Å²) in [5.74, 6) is -1.69. The van der Waals surface area contributed by atoms with Crippen molar-refractivity contribution >= 4 is 27.3 Å². The van der Waals surface area contributed by atoms with Crippen LogP contribution in [0.3, 0.4) is 0 Å². The summed E-state index contributed by atoms with van der Waals surface area (Å²) in [5.41, 5.74) is -1.50. The second kappa shape index (κ2) is 7.64. The van der Waals surface area contributed by atoms with Gasteiger partial charge in [-0.3, -0.25) is 14.9 Å². The molecular weight excluding hydrogens is 389 g/mol. The maximum Gasteiger partial charge on any atom is 0.276 e. The Morgan fingerprint density at radius 3 is 2.39 bits per heavy atom. The second-order valence-electron chi connectivity index (χ2n) is 7.20. The third-order valence-corrected chi connectivity index (χ3v) is 5.37. The number of halogens is 1. The van der Waals surface area contributed by atoms with Gasteiger partial charge < -0.3 is 5.32 Å². The van der Waals surface area contributed by atoms with E-state index in [1.807, 2.05) is 0 Å². The number of rotatable bonds is 5. The summed E-state index contributed by atoms with van der Waals surface area (Å²) < 4.78 is 41.2. The summed E-state index contributed by atoms with van der Waals surface area (Å²) in [5, 5.41) is 13.4. The zero-order valence-corrected chi connectivity index (χ0v) is 16.6. The molecule has 1 amide bonds. The van der Waals surface area contributed by atoms with Crippen LogP contribution in [0.4, 0.5) is 15.8 Å². The molecule has 0 saturated carbocycles. The second-order valence-corrected chi connectivity index (χ2v) is 8.88. The fourth-order valence-electron chi connectivity index (χ4n) is 2.39. The van der Waals surface area contributed by atoms with Crippen LogP contribution < -0.4 is 10.0 Å². The Morgan fingerprint density at radius 2 is 1.82 bits per heavy atom. The van der Waals surface area contributed by atoms with Crippen molar-refractivity contribution in [3.05, 3.63) is 63.5 Å². The lowest BCUT2D eigenvalue weighted by Crippen LogP contribution is -2.40. The van der Waals surface area contributed by atoms with Crippen molar-refractivity contribution in [1.82, 2.24) is 4.72 Å². The number of anilines is 1. The Hall–Kier alpha value is -2.85. The zero-order valence-electron chi connectivity index (χ0n) is 15.7. The van der Waals surface area contributed by atoms with Crippen molar-refractivity contribution in [3.8, 4) is 0 Å². The first-order valence-electron chi connectivity index (χ1n) is 8.20. The Balaban J connectivity index is 2.33. The van der Waals surface area contributed by atoms with Crippen LogP contribution in [0.5, 0.6) is 0 Å². The molecule has 8 nitrogen and oxygen atoms in total. The van der Waals surface area contributed by atoms with E-state index in [1.54, 1.807) is 20.8 Å². The molecule has 0 saturated heterocycles.